The maximum absolute atomic E-state index is 12.4. The molecule has 1 fully saturated rings. The monoisotopic (exact) mass is 336 g/mol. The Labute approximate surface area is 138 Å². The molecule has 0 bridgehead atoms. The molecule has 0 aromatic heterocycles. The summed E-state index contributed by atoms with van der Waals surface area (Å²) in [5.41, 5.74) is 0.590. The summed E-state index contributed by atoms with van der Waals surface area (Å²) in [5, 5.41) is 2.93. The van der Waals surface area contributed by atoms with Crippen molar-refractivity contribution in [1.82, 2.24) is 10.2 Å². The van der Waals surface area contributed by atoms with Crippen LogP contribution in [0.2, 0.25) is 5.02 Å². The summed E-state index contributed by atoms with van der Waals surface area (Å²) in [6, 6.07) is 4.97. The lowest BCUT2D eigenvalue weighted by molar-refractivity contribution is -0.128. The molecule has 1 aliphatic heterocycles. The molecule has 1 N–H and O–H groups in total. The summed E-state index contributed by atoms with van der Waals surface area (Å²) in [5.74, 6) is -0.499. The van der Waals surface area contributed by atoms with E-state index in [4.69, 9.17) is 28.6 Å². The van der Waals surface area contributed by atoms with Gasteiger partial charge >= 0.3 is 0 Å². The van der Waals surface area contributed by atoms with Crippen molar-refractivity contribution in [3.63, 3.8) is 0 Å². The highest BCUT2D eigenvalue weighted by molar-refractivity contribution is 7.80. The maximum atomic E-state index is 12.4. The van der Waals surface area contributed by atoms with Gasteiger partial charge in [0.05, 0.1) is 12.1 Å². The molecule has 1 heterocycles. The van der Waals surface area contributed by atoms with E-state index in [1.807, 2.05) is 0 Å². The van der Waals surface area contributed by atoms with Gasteiger partial charge in [-0.15, -0.1) is 6.58 Å². The van der Waals surface area contributed by atoms with E-state index >= 15 is 0 Å². The van der Waals surface area contributed by atoms with Crippen LogP contribution in [-0.2, 0) is 9.59 Å². The summed E-state index contributed by atoms with van der Waals surface area (Å²) in [7, 11) is 1.51. The molecular weight excluding hydrogens is 324 g/mol. The fraction of sp³-hybridized carbons (Fsp3) is 0.133. The molecular formula is C15H13ClN2O3S. The van der Waals surface area contributed by atoms with Crippen molar-refractivity contribution >= 4 is 46.8 Å². The number of halogens is 1. The van der Waals surface area contributed by atoms with Crippen LogP contribution in [0.5, 0.6) is 5.75 Å². The van der Waals surface area contributed by atoms with Gasteiger partial charge in [0.25, 0.3) is 11.8 Å². The Bertz CT molecular complexity index is 700. The first-order chi connectivity index (χ1) is 10.5. The second-order valence-corrected chi connectivity index (χ2v) is 5.21. The van der Waals surface area contributed by atoms with E-state index in [0.29, 0.717) is 16.3 Å². The molecule has 2 rings (SSSR count). The van der Waals surface area contributed by atoms with Crippen molar-refractivity contribution in [2.24, 2.45) is 0 Å². The van der Waals surface area contributed by atoms with Gasteiger partial charge in [0.2, 0.25) is 0 Å². The van der Waals surface area contributed by atoms with Crippen molar-refractivity contribution in [2.45, 2.75) is 0 Å². The molecule has 22 heavy (non-hydrogen) atoms. The Balaban J connectivity index is 2.38. The largest absolute Gasteiger partial charge is 0.495 e. The maximum Gasteiger partial charge on any atom is 0.265 e. The number of hydrogen-bond donors (Lipinski definition) is 1. The highest BCUT2D eigenvalue weighted by Gasteiger charge is 2.32. The third-order valence-corrected chi connectivity index (χ3v) is 3.60. The fourth-order valence-electron chi connectivity index (χ4n) is 1.93. The first-order valence-electron chi connectivity index (χ1n) is 6.31. The number of rotatable bonds is 4. The standard InChI is InChI=1S/C15H13ClN2O3S/c1-3-6-18-14(20)10(13(19)17-15(18)22)7-9-4-5-12(21-2)11(16)8-9/h3-5,7-8H,1,6H2,2H3,(H,17,19,22). The zero-order valence-corrected chi connectivity index (χ0v) is 13.3. The number of ether oxygens (including phenoxy) is 1. The van der Waals surface area contributed by atoms with Crippen molar-refractivity contribution in [1.29, 1.82) is 0 Å². The van der Waals surface area contributed by atoms with Gasteiger partial charge in [-0.3, -0.25) is 19.8 Å². The number of amides is 2. The topological polar surface area (TPSA) is 58.6 Å². The summed E-state index contributed by atoms with van der Waals surface area (Å²) in [6.07, 6.45) is 2.99. The highest BCUT2D eigenvalue weighted by Crippen LogP contribution is 2.26. The van der Waals surface area contributed by atoms with Crippen LogP contribution in [0.1, 0.15) is 5.56 Å². The second kappa shape index (κ2) is 6.72. The van der Waals surface area contributed by atoms with Crippen LogP contribution in [0, 0.1) is 0 Å². The number of carbonyl (C=O) groups excluding carboxylic acids is 2. The first kappa shape index (κ1) is 16.2. The lowest BCUT2D eigenvalue weighted by Gasteiger charge is -2.27. The van der Waals surface area contributed by atoms with Crippen LogP contribution in [0.4, 0.5) is 0 Å². The molecule has 114 valence electrons. The Kier molecular flexibility index (Phi) is 4.95. The summed E-state index contributed by atoms with van der Waals surface area (Å²) < 4.78 is 5.06. The normalized spacial score (nSPS) is 16.7. The molecule has 0 spiro atoms. The van der Waals surface area contributed by atoms with Gasteiger partial charge in [-0.05, 0) is 36.0 Å². The highest BCUT2D eigenvalue weighted by atomic mass is 35.5. The van der Waals surface area contributed by atoms with E-state index in [1.165, 1.54) is 24.2 Å². The number of hydrogen-bond acceptors (Lipinski definition) is 4. The van der Waals surface area contributed by atoms with Crippen molar-refractivity contribution in [3.05, 3.63) is 47.0 Å². The summed E-state index contributed by atoms with van der Waals surface area (Å²) in [4.78, 5) is 25.6. The third-order valence-electron chi connectivity index (χ3n) is 2.98. The van der Waals surface area contributed by atoms with Gasteiger partial charge in [-0.1, -0.05) is 23.7 Å². The minimum Gasteiger partial charge on any atom is -0.495 e. The van der Waals surface area contributed by atoms with E-state index in [-0.39, 0.29) is 17.2 Å². The molecule has 7 heteroatoms. The molecule has 0 radical (unpaired) electrons. The smallest absolute Gasteiger partial charge is 0.265 e. The van der Waals surface area contributed by atoms with Gasteiger partial charge in [-0.25, -0.2) is 0 Å². The van der Waals surface area contributed by atoms with Crippen molar-refractivity contribution < 1.29 is 14.3 Å². The zero-order chi connectivity index (χ0) is 16.3. The predicted octanol–water partition coefficient (Wildman–Crippen LogP) is 2.16. The molecule has 0 aliphatic carbocycles. The fourth-order valence-corrected chi connectivity index (χ4v) is 2.44. The number of benzene rings is 1. The van der Waals surface area contributed by atoms with E-state index in [0.717, 1.165) is 0 Å². The molecule has 1 aromatic carbocycles. The lowest BCUT2D eigenvalue weighted by atomic mass is 10.1. The van der Waals surface area contributed by atoms with E-state index in [1.54, 1.807) is 18.2 Å². The average molecular weight is 337 g/mol. The predicted molar refractivity (Wildman–Crippen MR) is 88.6 cm³/mol. The first-order valence-corrected chi connectivity index (χ1v) is 7.10. The number of nitrogens with zero attached hydrogens (tertiary/aromatic N) is 1. The molecule has 1 aliphatic rings. The Morgan fingerprint density at radius 3 is 2.77 bits per heavy atom. The van der Waals surface area contributed by atoms with Crippen molar-refractivity contribution in [2.75, 3.05) is 13.7 Å². The quantitative estimate of drug-likeness (QED) is 0.396. The van der Waals surface area contributed by atoms with E-state index in [9.17, 15) is 9.59 Å². The number of methoxy groups -OCH3 is 1. The van der Waals surface area contributed by atoms with E-state index < -0.39 is 11.8 Å². The minimum absolute atomic E-state index is 0.0170. The van der Waals surface area contributed by atoms with Crippen LogP contribution in [0.25, 0.3) is 6.08 Å². The van der Waals surface area contributed by atoms with Gasteiger partial charge in [-0.2, -0.15) is 0 Å². The Morgan fingerprint density at radius 2 is 2.18 bits per heavy atom. The van der Waals surface area contributed by atoms with Crippen LogP contribution in [0.15, 0.2) is 36.4 Å². The van der Waals surface area contributed by atoms with Gasteiger partial charge in [0.1, 0.15) is 11.3 Å². The second-order valence-electron chi connectivity index (χ2n) is 4.42. The van der Waals surface area contributed by atoms with Gasteiger partial charge < -0.3 is 4.74 Å². The number of thiocarbonyl (C=S) groups is 1. The van der Waals surface area contributed by atoms with Gasteiger partial charge in [0, 0.05) is 6.54 Å². The zero-order valence-electron chi connectivity index (χ0n) is 11.8. The van der Waals surface area contributed by atoms with Gasteiger partial charge in [0.15, 0.2) is 5.11 Å². The number of carbonyl (C=O) groups is 2. The molecule has 5 nitrogen and oxygen atoms in total. The minimum atomic E-state index is -0.540. The van der Waals surface area contributed by atoms with E-state index in [2.05, 4.69) is 11.9 Å². The SMILES string of the molecule is C=CCN1C(=O)C(=Cc2ccc(OC)c(Cl)c2)C(=O)NC1=S. The van der Waals surface area contributed by atoms with Crippen LogP contribution in [0.3, 0.4) is 0 Å². The molecule has 1 aromatic rings. The van der Waals surface area contributed by atoms with Crippen LogP contribution in [-0.4, -0.2) is 35.5 Å². The van der Waals surface area contributed by atoms with Crippen molar-refractivity contribution in [3.8, 4) is 5.75 Å². The summed E-state index contributed by atoms with van der Waals surface area (Å²) >= 11 is 11.0. The third kappa shape index (κ3) is 3.18. The lowest BCUT2D eigenvalue weighted by Crippen LogP contribution is -2.53. The Morgan fingerprint density at radius 1 is 1.45 bits per heavy atom. The molecule has 0 saturated carbocycles. The molecule has 2 amide bonds. The summed E-state index contributed by atoms with van der Waals surface area (Å²) in [6.45, 7) is 3.79. The Hall–Kier alpha value is -2.18. The van der Waals surface area contributed by atoms with Crippen LogP contribution < -0.4 is 10.1 Å². The molecule has 0 atom stereocenters. The van der Waals surface area contributed by atoms with Crippen LogP contribution >= 0.6 is 23.8 Å². The average Bonchev–Trinajstić information content (AvgIpc) is 2.48. The molecule has 0 unspecified atom stereocenters. The molecule has 1 saturated heterocycles. The number of nitrogens with one attached hydrogen (secondary N) is 1.